The Morgan fingerprint density at radius 3 is 2.21 bits per heavy atom. The molecular weight excluding hydrogens is 453 g/mol. The van der Waals surface area contributed by atoms with Gasteiger partial charge in [0.05, 0.1) is 5.56 Å². The van der Waals surface area contributed by atoms with Gasteiger partial charge in [0.25, 0.3) is 5.91 Å². The number of carbonyl (C=O) groups is 1. The molecule has 9 heteroatoms. The minimum absolute atomic E-state index is 0.0432. The molecule has 33 heavy (non-hydrogen) atoms. The number of halogens is 4. The Bertz CT molecular complexity index is 1130. The van der Waals surface area contributed by atoms with Crippen LogP contribution in [0.25, 0.3) is 11.1 Å². The second-order valence-corrected chi connectivity index (χ2v) is 8.36. The fraction of sp³-hybridized carbons (Fsp3) is 0.250. The molecule has 1 aliphatic rings. The lowest BCUT2D eigenvalue weighted by molar-refractivity contribution is -0.137. The third kappa shape index (κ3) is 5.46. The van der Waals surface area contributed by atoms with Gasteiger partial charge in [-0.2, -0.15) is 13.2 Å². The number of alkyl halides is 3. The maximum Gasteiger partial charge on any atom is 0.419 e. The highest BCUT2D eigenvalue weighted by molar-refractivity contribution is 6.30. The van der Waals surface area contributed by atoms with Crippen molar-refractivity contribution < 1.29 is 18.0 Å². The summed E-state index contributed by atoms with van der Waals surface area (Å²) >= 11 is 5.85. The minimum Gasteiger partial charge on any atom is -0.354 e. The molecule has 1 amide bonds. The first-order valence-electron chi connectivity index (χ1n) is 10.4. The number of nitrogens with one attached hydrogen (secondary N) is 1. The summed E-state index contributed by atoms with van der Waals surface area (Å²) in [5.74, 6) is -0.373. The second kappa shape index (κ2) is 9.41. The van der Waals surface area contributed by atoms with E-state index in [1.54, 1.807) is 53.4 Å². The predicted octanol–water partition coefficient (Wildman–Crippen LogP) is 5.42. The summed E-state index contributed by atoms with van der Waals surface area (Å²) in [4.78, 5) is 20.4. The van der Waals surface area contributed by atoms with Crippen molar-refractivity contribution in [3.63, 3.8) is 0 Å². The lowest BCUT2D eigenvalue weighted by Crippen LogP contribution is -2.45. The molecule has 172 valence electrons. The molecule has 1 aromatic heterocycles. The zero-order valence-corrected chi connectivity index (χ0v) is 18.6. The molecule has 3 aromatic rings. The Balaban J connectivity index is 1.56. The molecule has 0 saturated carbocycles. The van der Waals surface area contributed by atoms with E-state index in [0.29, 0.717) is 53.6 Å². The van der Waals surface area contributed by atoms with Gasteiger partial charge in [-0.15, -0.1) is 0 Å². The van der Waals surface area contributed by atoms with Crippen LogP contribution in [0, 0.1) is 0 Å². The molecule has 4 rings (SSSR count). The summed E-state index contributed by atoms with van der Waals surface area (Å²) in [5.41, 5.74) is 1.10. The van der Waals surface area contributed by atoms with Gasteiger partial charge >= 0.3 is 6.18 Å². The van der Waals surface area contributed by atoms with Crippen LogP contribution in [-0.4, -0.2) is 49.0 Å². The quantitative estimate of drug-likeness (QED) is 0.548. The van der Waals surface area contributed by atoms with Crippen molar-refractivity contribution in [2.45, 2.75) is 6.18 Å². The van der Waals surface area contributed by atoms with E-state index < -0.39 is 11.7 Å². The summed E-state index contributed by atoms with van der Waals surface area (Å²) in [6.45, 7) is 2.34. The second-order valence-electron chi connectivity index (χ2n) is 7.92. The van der Waals surface area contributed by atoms with E-state index in [9.17, 15) is 18.0 Å². The standard InChI is InChI=1S/C24H22ClF3N4O/c1-31-10-12-32(13-11-31)22-21(24(26,27)28)14-18(15-29-22)16-2-4-17(5-3-16)23(33)30-20-8-6-19(25)7-9-20/h2-9,14-15H,10-13H2,1H3,(H,30,33). The lowest BCUT2D eigenvalue weighted by Gasteiger charge is -2.34. The monoisotopic (exact) mass is 474 g/mol. The van der Waals surface area contributed by atoms with E-state index in [-0.39, 0.29) is 11.7 Å². The van der Waals surface area contributed by atoms with Crippen molar-refractivity contribution in [2.75, 3.05) is 43.4 Å². The van der Waals surface area contributed by atoms with Crippen molar-refractivity contribution in [2.24, 2.45) is 0 Å². The van der Waals surface area contributed by atoms with Crippen LogP contribution in [0.2, 0.25) is 5.02 Å². The van der Waals surface area contributed by atoms with Crippen LogP contribution in [0.5, 0.6) is 0 Å². The molecule has 1 N–H and O–H groups in total. The molecule has 1 saturated heterocycles. The smallest absolute Gasteiger partial charge is 0.354 e. The summed E-state index contributed by atoms with van der Waals surface area (Å²) < 4.78 is 41.5. The van der Waals surface area contributed by atoms with Crippen LogP contribution in [0.1, 0.15) is 15.9 Å². The summed E-state index contributed by atoms with van der Waals surface area (Å²) in [7, 11) is 1.94. The largest absolute Gasteiger partial charge is 0.419 e. The topological polar surface area (TPSA) is 48.5 Å². The third-order valence-electron chi connectivity index (χ3n) is 5.56. The van der Waals surface area contributed by atoms with Crippen LogP contribution >= 0.6 is 11.6 Å². The molecule has 1 aliphatic heterocycles. The zero-order chi connectivity index (χ0) is 23.6. The molecule has 0 bridgehead atoms. The normalized spacial score (nSPS) is 14.9. The molecule has 0 spiro atoms. The molecule has 0 radical (unpaired) electrons. The van der Waals surface area contributed by atoms with Gasteiger partial charge in [0.2, 0.25) is 0 Å². The van der Waals surface area contributed by atoms with Crippen molar-refractivity contribution in [3.8, 4) is 11.1 Å². The highest BCUT2D eigenvalue weighted by atomic mass is 35.5. The molecule has 0 atom stereocenters. The van der Waals surface area contributed by atoms with E-state index in [4.69, 9.17) is 11.6 Å². The van der Waals surface area contributed by atoms with Crippen molar-refractivity contribution in [1.82, 2.24) is 9.88 Å². The average molecular weight is 475 g/mol. The Morgan fingerprint density at radius 1 is 0.970 bits per heavy atom. The maximum atomic E-state index is 13.8. The van der Waals surface area contributed by atoms with Crippen LogP contribution in [-0.2, 0) is 6.18 Å². The van der Waals surface area contributed by atoms with Gasteiger partial charge < -0.3 is 15.1 Å². The molecular formula is C24H22ClF3N4O. The average Bonchev–Trinajstić information content (AvgIpc) is 2.80. The van der Waals surface area contributed by atoms with Crippen molar-refractivity contribution in [3.05, 3.63) is 76.9 Å². The zero-order valence-electron chi connectivity index (χ0n) is 17.9. The number of likely N-dealkylation sites (N-methyl/N-ethyl adjacent to an activating group) is 1. The molecule has 1 fully saturated rings. The van der Waals surface area contributed by atoms with Crippen LogP contribution in [0.15, 0.2) is 60.8 Å². The van der Waals surface area contributed by atoms with Gasteiger partial charge in [0.15, 0.2) is 0 Å². The number of pyridine rings is 1. The number of hydrogen-bond acceptors (Lipinski definition) is 4. The Kier molecular flexibility index (Phi) is 6.58. The first kappa shape index (κ1) is 23.1. The number of piperazine rings is 1. The predicted molar refractivity (Wildman–Crippen MR) is 124 cm³/mol. The first-order chi connectivity index (χ1) is 15.7. The summed E-state index contributed by atoms with van der Waals surface area (Å²) in [5, 5.41) is 3.31. The van der Waals surface area contributed by atoms with Crippen molar-refractivity contribution in [1.29, 1.82) is 0 Å². The first-order valence-corrected chi connectivity index (χ1v) is 10.8. The highest BCUT2D eigenvalue weighted by Gasteiger charge is 2.37. The van der Waals surface area contributed by atoms with E-state index in [1.165, 1.54) is 6.20 Å². The molecule has 0 unspecified atom stereocenters. The van der Waals surface area contributed by atoms with Gasteiger partial charge in [-0.1, -0.05) is 23.7 Å². The summed E-state index contributed by atoms with van der Waals surface area (Å²) in [6.07, 6.45) is -3.08. The number of amides is 1. The molecule has 0 aliphatic carbocycles. The van der Waals surface area contributed by atoms with Crippen LogP contribution in [0.3, 0.4) is 0 Å². The Labute approximate surface area is 194 Å². The third-order valence-corrected chi connectivity index (χ3v) is 5.81. The van der Waals surface area contributed by atoms with Gasteiger partial charge in [0, 0.05) is 54.2 Å². The fourth-order valence-corrected chi connectivity index (χ4v) is 3.77. The van der Waals surface area contributed by atoms with Crippen molar-refractivity contribution >= 4 is 29.0 Å². The number of aromatic nitrogens is 1. The SMILES string of the molecule is CN1CCN(c2ncc(-c3ccc(C(=O)Nc4ccc(Cl)cc4)cc3)cc2C(F)(F)F)CC1. The fourth-order valence-electron chi connectivity index (χ4n) is 3.64. The van der Waals surface area contributed by atoms with E-state index in [0.717, 1.165) is 6.07 Å². The number of carbonyl (C=O) groups excluding carboxylic acids is 1. The van der Waals surface area contributed by atoms with Gasteiger partial charge in [-0.25, -0.2) is 4.98 Å². The molecule has 2 aromatic carbocycles. The number of nitrogens with zero attached hydrogens (tertiary/aromatic N) is 3. The lowest BCUT2D eigenvalue weighted by atomic mass is 10.0. The minimum atomic E-state index is -4.53. The van der Waals surface area contributed by atoms with Crippen LogP contribution < -0.4 is 10.2 Å². The Morgan fingerprint density at radius 2 is 1.61 bits per heavy atom. The van der Waals surface area contributed by atoms with Gasteiger partial charge in [-0.3, -0.25) is 4.79 Å². The van der Waals surface area contributed by atoms with E-state index in [2.05, 4.69) is 15.2 Å². The van der Waals surface area contributed by atoms with Gasteiger partial charge in [-0.05, 0) is 55.1 Å². The molecule has 5 nitrogen and oxygen atoms in total. The van der Waals surface area contributed by atoms with Crippen LogP contribution in [0.4, 0.5) is 24.7 Å². The molecule has 2 heterocycles. The summed E-state index contributed by atoms with van der Waals surface area (Å²) in [6, 6.07) is 14.2. The van der Waals surface area contributed by atoms with Gasteiger partial charge in [0.1, 0.15) is 5.82 Å². The Hall–Kier alpha value is -3.10. The number of rotatable bonds is 4. The van der Waals surface area contributed by atoms with E-state index in [1.807, 2.05) is 7.05 Å². The number of anilines is 2. The maximum absolute atomic E-state index is 13.8. The number of benzene rings is 2. The van der Waals surface area contributed by atoms with E-state index >= 15 is 0 Å². The highest BCUT2D eigenvalue weighted by Crippen LogP contribution is 2.38. The number of hydrogen-bond donors (Lipinski definition) is 1.